The quantitative estimate of drug-likeness (QED) is 0.755. The number of rotatable bonds is 6. The lowest BCUT2D eigenvalue weighted by Crippen LogP contribution is -2.49. The van der Waals surface area contributed by atoms with Crippen LogP contribution in [0.1, 0.15) is 20.3 Å². The Hall–Kier alpha value is -0.660. The van der Waals surface area contributed by atoms with Crippen LogP contribution in [0.2, 0.25) is 0 Å². The van der Waals surface area contributed by atoms with E-state index in [2.05, 4.69) is 14.7 Å². The van der Waals surface area contributed by atoms with Gasteiger partial charge in [-0.2, -0.15) is 4.37 Å². The molecule has 0 bridgehead atoms. The van der Waals surface area contributed by atoms with Crippen LogP contribution in [0.3, 0.4) is 0 Å². The summed E-state index contributed by atoms with van der Waals surface area (Å²) in [5.41, 5.74) is -0.892. The Morgan fingerprint density at radius 2 is 2.50 bits per heavy atom. The zero-order valence-corrected chi connectivity index (χ0v) is 11.1. The van der Waals surface area contributed by atoms with E-state index < -0.39 is 11.5 Å². The Kier molecular flexibility index (Phi) is 4.69. The minimum atomic E-state index is -0.892. The highest BCUT2D eigenvalue weighted by molar-refractivity contribution is 8.01. The Bertz CT molecular complexity index is 345. The Morgan fingerprint density at radius 3 is 2.94 bits per heavy atom. The molecule has 90 valence electrons. The molecule has 1 aromatic rings. The van der Waals surface area contributed by atoms with E-state index in [0.717, 1.165) is 4.34 Å². The number of likely N-dealkylation sites (N-methyl/N-ethyl adjacent to an activating group) is 1. The van der Waals surface area contributed by atoms with Crippen LogP contribution in [0.15, 0.2) is 10.7 Å². The van der Waals surface area contributed by atoms with Gasteiger partial charge < -0.3 is 10.4 Å². The maximum absolute atomic E-state index is 11.1. The number of carboxylic acid groups (broad SMARTS) is 1. The lowest BCUT2D eigenvalue weighted by molar-refractivity contribution is -0.144. The van der Waals surface area contributed by atoms with Gasteiger partial charge in [-0.15, -0.1) is 0 Å². The topological polar surface area (TPSA) is 75.1 Å². The molecule has 2 unspecified atom stereocenters. The standard InChI is InChI=1S/C9H15N3O2S2/c1-6(15-8-11-5-12-16-8)4-9(2,10-3)7(13)14/h5-6,10H,4H2,1-3H3,(H,13,14). The second-order valence-corrected chi connectivity index (χ2v) is 6.19. The van der Waals surface area contributed by atoms with E-state index in [4.69, 9.17) is 5.11 Å². The molecule has 0 amide bonds. The lowest BCUT2D eigenvalue weighted by atomic mass is 9.97. The number of nitrogens with zero attached hydrogens (tertiary/aromatic N) is 2. The highest BCUT2D eigenvalue weighted by Crippen LogP contribution is 2.29. The molecule has 0 spiro atoms. The Labute approximate surface area is 103 Å². The van der Waals surface area contributed by atoms with E-state index in [1.165, 1.54) is 17.9 Å². The molecule has 1 rings (SSSR count). The van der Waals surface area contributed by atoms with Crippen molar-refractivity contribution in [2.75, 3.05) is 7.05 Å². The first-order valence-corrected chi connectivity index (χ1v) is 6.49. The number of aliphatic carboxylic acids is 1. The van der Waals surface area contributed by atoms with Gasteiger partial charge in [0, 0.05) is 5.25 Å². The summed E-state index contributed by atoms with van der Waals surface area (Å²) >= 11 is 2.88. The molecule has 1 aromatic heterocycles. The highest BCUT2D eigenvalue weighted by Gasteiger charge is 2.33. The van der Waals surface area contributed by atoms with Crippen molar-refractivity contribution in [3.63, 3.8) is 0 Å². The number of hydrogen-bond donors (Lipinski definition) is 2. The largest absolute Gasteiger partial charge is 0.480 e. The fraction of sp³-hybridized carbons (Fsp3) is 0.667. The summed E-state index contributed by atoms with van der Waals surface area (Å²) in [4.78, 5) is 15.2. The van der Waals surface area contributed by atoms with E-state index in [0.29, 0.717) is 6.42 Å². The van der Waals surface area contributed by atoms with Crippen LogP contribution in [0.25, 0.3) is 0 Å². The van der Waals surface area contributed by atoms with Crippen LogP contribution in [-0.4, -0.2) is 38.3 Å². The number of hydrogen-bond acceptors (Lipinski definition) is 6. The van der Waals surface area contributed by atoms with Gasteiger partial charge in [0.05, 0.1) is 0 Å². The molecule has 16 heavy (non-hydrogen) atoms. The first-order valence-electron chi connectivity index (χ1n) is 4.83. The summed E-state index contributed by atoms with van der Waals surface area (Å²) in [6.45, 7) is 3.68. The van der Waals surface area contributed by atoms with Gasteiger partial charge in [-0.3, -0.25) is 4.79 Å². The molecule has 0 aliphatic carbocycles. The average Bonchev–Trinajstić information content (AvgIpc) is 2.69. The Morgan fingerprint density at radius 1 is 1.81 bits per heavy atom. The van der Waals surface area contributed by atoms with Crippen molar-refractivity contribution in [2.24, 2.45) is 0 Å². The van der Waals surface area contributed by atoms with Crippen molar-refractivity contribution in [1.82, 2.24) is 14.7 Å². The predicted molar refractivity (Wildman–Crippen MR) is 64.9 cm³/mol. The molecule has 1 heterocycles. The molecule has 2 atom stereocenters. The first kappa shape index (κ1) is 13.4. The maximum Gasteiger partial charge on any atom is 0.323 e. The molecule has 0 aliphatic rings. The third-order valence-corrected chi connectivity index (χ3v) is 4.21. The van der Waals surface area contributed by atoms with Crippen LogP contribution >= 0.6 is 23.3 Å². The Balaban J connectivity index is 2.56. The summed E-state index contributed by atoms with van der Waals surface area (Å²) in [7, 11) is 1.66. The van der Waals surface area contributed by atoms with E-state index >= 15 is 0 Å². The highest BCUT2D eigenvalue weighted by atomic mass is 32.2. The molecule has 5 nitrogen and oxygen atoms in total. The van der Waals surface area contributed by atoms with Crippen molar-refractivity contribution in [3.8, 4) is 0 Å². The molecule has 0 aromatic carbocycles. The normalized spacial score (nSPS) is 16.7. The predicted octanol–water partition coefficient (Wildman–Crippen LogP) is 1.47. The van der Waals surface area contributed by atoms with E-state index in [9.17, 15) is 4.79 Å². The first-order chi connectivity index (χ1) is 7.48. The van der Waals surface area contributed by atoms with Gasteiger partial charge in [-0.1, -0.05) is 18.7 Å². The molecule has 2 N–H and O–H groups in total. The van der Waals surface area contributed by atoms with Crippen molar-refractivity contribution in [3.05, 3.63) is 6.33 Å². The molecule has 7 heteroatoms. The van der Waals surface area contributed by atoms with Gasteiger partial charge >= 0.3 is 5.97 Å². The van der Waals surface area contributed by atoms with Gasteiger partial charge in [0.15, 0.2) is 4.34 Å². The second-order valence-electron chi connectivity index (χ2n) is 3.73. The molecular weight excluding hydrogens is 246 g/mol. The number of carboxylic acids is 1. The molecule has 0 radical (unpaired) electrons. The number of thioether (sulfide) groups is 1. The van der Waals surface area contributed by atoms with E-state index in [1.807, 2.05) is 6.92 Å². The van der Waals surface area contributed by atoms with Crippen LogP contribution < -0.4 is 5.32 Å². The summed E-state index contributed by atoms with van der Waals surface area (Å²) in [6.07, 6.45) is 2.04. The van der Waals surface area contributed by atoms with Crippen LogP contribution in [0.5, 0.6) is 0 Å². The van der Waals surface area contributed by atoms with Crippen molar-refractivity contribution in [2.45, 2.75) is 35.4 Å². The third-order valence-electron chi connectivity index (χ3n) is 2.36. The van der Waals surface area contributed by atoms with Crippen molar-refractivity contribution >= 4 is 29.3 Å². The monoisotopic (exact) mass is 261 g/mol. The fourth-order valence-electron chi connectivity index (χ4n) is 1.30. The zero-order valence-electron chi connectivity index (χ0n) is 9.43. The second kappa shape index (κ2) is 5.60. The summed E-state index contributed by atoms with van der Waals surface area (Å²) < 4.78 is 4.78. The molecule has 0 saturated carbocycles. The third kappa shape index (κ3) is 3.43. The van der Waals surface area contributed by atoms with E-state index in [-0.39, 0.29) is 5.25 Å². The maximum atomic E-state index is 11.1. The summed E-state index contributed by atoms with van der Waals surface area (Å²) in [6, 6.07) is 0. The van der Waals surface area contributed by atoms with Crippen molar-refractivity contribution in [1.29, 1.82) is 0 Å². The molecule has 0 fully saturated rings. The summed E-state index contributed by atoms with van der Waals surface area (Å²) in [5.74, 6) is -0.834. The lowest BCUT2D eigenvalue weighted by Gasteiger charge is -2.26. The van der Waals surface area contributed by atoms with E-state index in [1.54, 1.807) is 25.7 Å². The SMILES string of the molecule is CNC(C)(CC(C)Sc1ncns1)C(=O)O. The molecule has 0 saturated heterocycles. The minimum absolute atomic E-state index is 0.168. The van der Waals surface area contributed by atoms with Gasteiger partial charge in [-0.25, -0.2) is 4.98 Å². The minimum Gasteiger partial charge on any atom is -0.480 e. The number of aromatic nitrogens is 2. The average molecular weight is 261 g/mol. The van der Waals surface area contributed by atoms with Gasteiger partial charge in [0.1, 0.15) is 11.9 Å². The molecular formula is C9H15N3O2S2. The van der Waals surface area contributed by atoms with Crippen LogP contribution in [0.4, 0.5) is 0 Å². The fourth-order valence-corrected chi connectivity index (χ4v) is 3.24. The zero-order chi connectivity index (χ0) is 12.2. The van der Waals surface area contributed by atoms with Gasteiger partial charge in [0.25, 0.3) is 0 Å². The number of carbonyl (C=O) groups is 1. The smallest absolute Gasteiger partial charge is 0.323 e. The van der Waals surface area contributed by atoms with Gasteiger partial charge in [0.2, 0.25) is 0 Å². The van der Waals surface area contributed by atoms with Crippen molar-refractivity contribution < 1.29 is 9.90 Å². The molecule has 0 aliphatic heterocycles. The summed E-state index contributed by atoms with van der Waals surface area (Å²) in [5, 5.41) is 12.1. The van der Waals surface area contributed by atoms with Crippen LogP contribution in [0, 0.1) is 0 Å². The number of nitrogens with one attached hydrogen (secondary N) is 1. The van der Waals surface area contributed by atoms with Crippen LogP contribution in [-0.2, 0) is 4.79 Å². The van der Waals surface area contributed by atoms with Gasteiger partial charge in [-0.05, 0) is 31.9 Å².